The van der Waals surface area contributed by atoms with Crippen LogP contribution in [-0.4, -0.2) is 42.1 Å². The Balaban J connectivity index is 1.78. The molecule has 3 fully saturated rings. The van der Waals surface area contributed by atoms with Gasteiger partial charge in [-0.15, -0.1) is 0 Å². The van der Waals surface area contributed by atoms with Crippen molar-refractivity contribution in [2.45, 2.75) is 105 Å². The molecule has 0 spiro atoms. The van der Waals surface area contributed by atoms with Crippen molar-refractivity contribution in [2.75, 3.05) is 0 Å². The molecule has 6 nitrogen and oxygen atoms in total. The molecule has 0 aromatic rings. The Morgan fingerprint density at radius 3 is 2.21 bits per heavy atom. The van der Waals surface area contributed by atoms with Crippen molar-refractivity contribution in [1.82, 2.24) is 0 Å². The summed E-state index contributed by atoms with van der Waals surface area (Å²) in [5, 5.41) is 0. The zero-order chi connectivity index (χ0) is 21.3. The number of esters is 2. The molecule has 0 amide bonds. The Kier molecular flexibility index (Phi) is 4.95. The number of fused-ring (bicyclic) bond motifs is 3. The summed E-state index contributed by atoms with van der Waals surface area (Å²) in [4.78, 5) is 25.9. The second-order valence-corrected chi connectivity index (χ2v) is 11.6. The minimum Gasteiger partial charge on any atom is -0.456 e. The maximum atomic E-state index is 13.3. The monoisotopic (exact) mass is 396 g/mol. The van der Waals surface area contributed by atoms with Crippen LogP contribution >= 0.6 is 0 Å². The van der Waals surface area contributed by atoms with Gasteiger partial charge in [-0.25, -0.2) is 4.79 Å². The lowest BCUT2D eigenvalue weighted by Gasteiger charge is -2.43. The van der Waals surface area contributed by atoms with Gasteiger partial charge in [-0.1, -0.05) is 41.5 Å². The fourth-order valence-electron chi connectivity index (χ4n) is 4.88. The first-order valence-corrected chi connectivity index (χ1v) is 10.3. The molecule has 2 aliphatic heterocycles. The van der Waals surface area contributed by atoms with Crippen LogP contribution in [0, 0.1) is 22.2 Å². The number of hydrogen-bond acceptors (Lipinski definition) is 6. The average Bonchev–Trinajstić information content (AvgIpc) is 3.04. The molecule has 160 valence electrons. The van der Waals surface area contributed by atoms with Crippen LogP contribution in [0.5, 0.6) is 0 Å². The van der Waals surface area contributed by atoms with E-state index >= 15 is 0 Å². The second kappa shape index (κ2) is 6.43. The summed E-state index contributed by atoms with van der Waals surface area (Å²) in [7, 11) is 0. The van der Waals surface area contributed by atoms with E-state index in [1.807, 2.05) is 41.5 Å². The molecular formula is C22H36O6. The summed E-state index contributed by atoms with van der Waals surface area (Å²) < 4.78 is 23.3. The van der Waals surface area contributed by atoms with Gasteiger partial charge in [0.1, 0.15) is 12.2 Å². The molecule has 0 aromatic heterocycles. The van der Waals surface area contributed by atoms with Crippen LogP contribution in [0.2, 0.25) is 0 Å². The molecule has 6 heteroatoms. The lowest BCUT2D eigenvalue weighted by atomic mass is 9.61. The van der Waals surface area contributed by atoms with Crippen molar-refractivity contribution in [1.29, 1.82) is 0 Å². The molecule has 2 saturated heterocycles. The lowest BCUT2D eigenvalue weighted by Crippen LogP contribution is -2.46. The van der Waals surface area contributed by atoms with E-state index in [2.05, 4.69) is 20.8 Å². The van der Waals surface area contributed by atoms with Gasteiger partial charge >= 0.3 is 11.9 Å². The standard InChI is InChI=1S/C22H36O6/c1-19(2,3)11-22(9,20(4,5)6)18(24)26-15-12-10-13-16(14(12)25-17(15)23)28-21(7,8)27-13/h12-16H,10-11H2,1-9H3. The fourth-order valence-corrected chi connectivity index (χ4v) is 4.88. The summed E-state index contributed by atoms with van der Waals surface area (Å²) in [5.41, 5.74) is -1.10. The van der Waals surface area contributed by atoms with Gasteiger partial charge in [0.25, 0.3) is 0 Å². The van der Waals surface area contributed by atoms with Crippen LogP contribution in [0.3, 0.4) is 0 Å². The highest BCUT2D eigenvalue weighted by molar-refractivity contribution is 5.84. The molecule has 1 aliphatic carbocycles. The van der Waals surface area contributed by atoms with Crippen molar-refractivity contribution >= 4 is 11.9 Å². The van der Waals surface area contributed by atoms with E-state index in [1.54, 1.807) is 0 Å². The molecule has 6 unspecified atom stereocenters. The van der Waals surface area contributed by atoms with Gasteiger partial charge in [0.15, 0.2) is 5.79 Å². The number of ether oxygens (including phenoxy) is 4. The van der Waals surface area contributed by atoms with E-state index in [9.17, 15) is 9.59 Å². The minimum atomic E-state index is -0.889. The third-order valence-corrected chi connectivity index (χ3v) is 6.57. The molecule has 1 saturated carbocycles. The predicted molar refractivity (Wildman–Crippen MR) is 103 cm³/mol. The van der Waals surface area contributed by atoms with Crippen molar-refractivity contribution < 1.29 is 28.5 Å². The first-order chi connectivity index (χ1) is 12.5. The first kappa shape index (κ1) is 21.6. The van der Waals surface area contributed by atoms with Gasteiger partial charge in [0, 0.05) is 5.92 Å². The van der Waals surface area contributed by atoms with Crippen LogP contribution in [0.15, 0.2) is 0 Å². The third kappa shape index (κ3) is 3.70. The third-order valence-electron chi connectivity index (χ3n) is 6.57. The number of carbonyl (C=O) groups is 2. The van der Waals surface area contributed by atoms with E-state index in [4.69, 9.17) is 18.9 Å². The smallest absolute Gasteiger partial charge is 0.348 e. The zero-order valence-electron chi connectivity index (χ0n) is 18.8. The van der Waals surface area contributed by atoms with E-state index in [0.29, 0.717) is 12.8 Å². The van der Waals surface area contributed by atoms with Crippen LogP contribution in [-0.2, 0) is 28.5 Å². The highest BCUT2D eigenvalue weighted by Crippen LogP contribution is 2.50. The fraction of sp³-hybridized carbons (Fsp3) is 0.909. The molecule has 3 aliphatic rings. The molecule has 0 aromatic carbocycles. The van der Waals surface area contributed by atoms with Gasteiger partial charge in [-0.2, -0.15) is 0 Å². The minimum absolute atomic E-state index is 0.0581. The molecule has 6 atom stereocenters. The van der Waals surface area contributed by atoms with E-state index in [-0.39, 0.29) is 34.9 Å². The van der Waals surface area contributed by atoms with Gasteiger partial charge in [-0.3, -0.25) is 4.79 Å². The molecule has 0 bridgehead atoms. The summed E-state index contributed by atoms with van der Waals surface area (Å²) in [6.07, 6.45) is -0.489. The maximum absolute atomic E-state index is 13.3. The Labute approximate surface area is 168 Å². The van der Waals surface area contributed by atoms with Gasteiger partial charge in [-0.05, 0) is 44.4 Å². The number of hydrogen-bond donors (Lipinski definition) is 0. The summed E-state index contributed by atoms with van der Waals surface area (Å²) in [6, 6.07) is 0. The SMILES string of the molecule is CC(C)(C)CC(C)(C(=O)OC1C(=O)OC2C1CC1OC(C)(C)OC12)C(C)(C)C. The molecule has 2 heterocycles. The number of carbonyl (C=O) groups excluding carboxylic acids is 2. The Hall–Kier alpha value is -1.14. The lowest BCUT2D eigenvalue weighted by molar-refractivity contribution is -0.177. The molecule has 0 radical (unpaired) electrons. The van der Waals surface area contributed by atoms with Crippen LogP contribution in [0.1, 0.15) is 75.2 Å². The number of rotatable bonds is 3. The Bertz CT molecular complexity index is 655. The van der Waals surface area contributed by atoms with Crippen molar-refractivity contribution in [3.05, 3.63) is 0 Å². The van der Waals surface area contributed by atoms with Crippen molar-refractivity contribution in [3.63, 3.8) is 0 Å². The van der Waals surface area contributed by atoms with Crippen LogP contribution in [0.4, 0.5) is 0 Å². The largest absolute Gasteiger partial charge is 0.456 e. The highest BCUT2D eigenvalue weighted by Gasteiger charge is 2.63. The van der Waals surface area contributed by atoms with Gasteiger partial charge < -0.3 is 18.9 Å². The molecular weight excluding hydrogens is 360 g/mol. The van der Waals surface area contributed by atoms with Crippen LogP contribution < -0.4 is 0 Å². The van der Waals surface area contributed by atoms with Gasteiger partial charge in [0.2, 0.25) is 6.10 Å². The molecule has 3 rings (SSSR count). The Morgan fingerprint density at radius 2 is 1.68 bits per heavy atom. The topological polar surface area (TPSA) is 71.1 Å². The molecule has 28 heavy (non-hydrogen) atoms. The first-order valence-electron chi connectivity index (χ1n) is 10.3. The maximum Gasteiger partial charge on any atom is 0.348 e. The normalized spacial score (nSPS) is 36.5. The average molecular weight is 397 g/mol. The van der Waals surface area contributed by atoms with Crippen molar-refractivity contribution in [2.24, 2.45) is 22.2 Å². The van der Waals surface area contributed by atoms with Crippen molar-refractivity contribution in [3.8, 4) is 0 Å². The Morgan fingerprint density at radius 1 is 1.07 bits per heavy atom. The predicted octanol–water partition coefficient (Wildman–Crippen LogP) is 3.85. The van der Waals surface area contributed by atoms with E-state index in [1.165, 1.54) is 0 Å². The van der Waals surface area contributed by atoms with Crippen LogP contribution in [0.25, 0.3) is 0 Å². The molecule has 0 N–H and O–H groups in total. The zero-order valence-corrected chi connectivity index (χ0v) is 18.8. The highest BCUT2D eigenvalue weighted by atomic mass is 16.8. The van der Waals surface area contributed by atoms with E-state index in [0.717, 1.165) is 0 Å². The summed E-state index contributed by atoms with van der Waals surface area (Å²) in [5.74, 6) is -1.71. The van der Waals surface area contributed by atoms with Gasteiger partial charge in [0.05, 0.1) is 11.5 Å². The van der Waals surface area contributed by atoms with E-state index < -0.39 is 29.4 Å². The summed E-state index contributed by atoms with van der Waals surface area (Å²) >= 11 is 0. The summed E-state index contributed by atoms with van der Waals surface area (Å²) in [6.45, 7) is 18.1. The second-order valence-electron chi connectivity index (χ2n) is 11.6. The quantitative estimate of drug-likeness (QED) is 0.675.